The second-order valence-corrected chi connectivity index (χ2v) is 8.27. The molecular weight excluding hydrogens is 304 g/mol. The second-order valence-electron chi connectivity index (χ2n) is 8.27. The van der Waals surface area contributed by atoms with Crippen LogP contribution in [0.1, 0.15) is 63.9 Å². The van der Waals surface area contributed by atoms with E-state index in [9.17, 15) is 0 Å². The Morgan fingerprint density at radius 2 is 1.68 bits per heavy atom. The molecule has 2 aromatic rings. The van der Waals surface area contributed by atoms with Crippen molar-refractivity contribution in [1.82, 2.24) is 0 Å². The van der Waals surface area contributed by atoms with Gasteiger partial charge in [0.25, 0.3) is 0 Å². The van der Waals surface area contributed by atoms with Crippen LogP contribution in [-0.2, 0) is 0 Å². The molecule has 1 nitrogen and oxygen atoms in total. The van der Waals surface area contributed by atoms with Gasteiger partial charge in [0.1, 0.15) is 11.4 Å². The lowest BCUT2D eigenvalue weighted by atomic mass is 9.57. The third-order valence-corrected chi connectivity index (χ3v) is 6.97. The summed E-state index contributed by atoms with van der Waals surface area (Å²) in [6.45, 7) is 2.31. The Balaban J connectivity index is 1.71. The highest BCUT2D eigenvalue weighted by Crippen LogP contribution is 2.56. The van der Waals surface area contributed by atoms with Crippen molar-refractivity contribution < 1.29 is 4.74 Å². The first-order valence-corrected chi connectivity index (χ1v) is 10.2. The van der Waals surface area contributed by atoms with Gasteiger partial charge in [-0.25, -0.2) is 0 Å². The van der Waals surface area contributed by atoms with E-state index in [4.69, 9.17) is 4.74 Å². The molecule has 2 aliphatic carbocycles. The number of benzene rings is 2. The molecule has 1 spiro atoms. The molecule has 25 heavy (non-hydrogen) atoms. The maximum atomic E-state index is 7.03. The van der Waals surface area contributed by atoms with Crippen LogP contribution in [0.5, 0.6) is 5.75 Å². The molecule has 5 rings (SSSR count). The van der Waals surface area contributed by atoms with Crippen LogP contribution >= 0.6 is 0 Å². The number of rotatable bonds is 2. The molecule has 0 saturated heterocycles. The molecule has 0 amide bonds. The van der Waals surface area contributed by atoms with Crippen LogP contribution in [-0.4, -0.2) is 5.60 Å². The fraction of sp³-hybridized carbons (Fsp3) is 0.500. The van der Waals surface area contributed by atoms with E-state index in [-0.39, 0.29) is 5.60 Å². The van der Waals surface area contributed by atoms with Crippen LogP contribution in [0.3, 0.4) is 0 Å². The predicted molar refractivity (Wildman–Crippen MR) is 105 cm³/mol. The van der Waals surface area contributed by atoms with Gasteiger partial charge in [-0.1, -0.05) is 56.5 Å². The molecule has 2 saturated carbocycles. The van der Waals surface area contributed by atoms with Gasteiger partial charge in [0.15, 0.2) is 0 Å². The van der Waals surface area contributed by atoms with E-state index in [1.165, 1.54) is 67.7 Å². The molecule has 2 bridgehead atoms. The molecule has 2 fully saturated rings. The monoisotopic (exact) mass is 332 g/mol. The van der Waals surface area contributed by atoms with E-state index in [0.29, 0.717) is 0 Å². The molecule has 0 atom stereocenters. The minimum atomic E-state index is 0.00195. The smallest absolute Gasteiger partial charge is 0.136 e. The lowest BCUT2D eigenvalue weighted by molar-refractivity contribution is -0.0724. The van der Waals surface area contributed by atoms with Gasteiger partial charge in [0.2, 0.25) is 0 Å². The molecule has 1 heteroatoms. The fourth-order valence-electron chi connectivity index (χ4n) is 5.98. The van der Waals surface area contributed by atoms with Crippen LogP contribution in [0.2, 0.25) is 0 Å². The van der Waals surface area contributed by atoms with Gasteiger partial charge in [-0.3, -0.25) is 0 Å². The van der Waals surface area contributed by atoms with E-state index in [1.807, 2.05) is 0 Å². The summed E-state index contributed by atoms with van der Waals surface area (Å²) in [5, 5.41) is 2.65. The molecule has 130 valence electrons. The van der Waals surface area contributed by atoms with Crippen LogP contribution in [0.25, 0.3) is 16.8 Å². The highest BCUT2D eigenvalue weighted by molar-refractivity contribution is 5.94. The number of hydrogen-bond donors (Lipinski definition) is 0. The van der Waals surface area contributed by atoms with Crippen molar-refractivity contribution >= 4 is 16.8 Å². The van der Waals surface area contributed by atoms with Gasteiger partial charge >= 0.3 is 0 Å². The normalized spacial score (nSPS) is 30.7. The zero-order chi connectivity index (χ0) is 16.9. The Labute approximate surface area is 151 Å². The summed E-state index contributed by atoms with van der Waals surface area (Å²) < 4.78 is 7.03. The molecular formula is C24H28O. The zero-order valence-electron chi connectivity index (χ0n) is 15.3. The molecule has 2 aromatic carbocycles. The van der Waals surface area contributed by atoms with Gasteiger partial charge in [-0.2, -0.15) is 0 Å². The first kappa shape index (κ1) is 15.5. The Bertz CT molecular complexity index is 809. The summed E-state index contributed by atoms with van der Waals surface area (Å²) in [5.41, 5.74) is 2.91. The minimum Gasteiger partial charge on any atom is -0.482 e. The van der Waals surface area contributed by atoms with E-state index < -0.39 is 0 Å². The average molecular weight is 332 g/mol. The molecule has 0 aromatic heterocycles. The van der Waals surface area contributed by atoms with Crippen LogP contribution in [0, 0.1) is 11.8 Å². The molecule has 0 N–H and O–H groups in total. The predicted octanol–water partition coefficient (Wildman–Crippen LogP) is 6.75. The third kappa shape index (κ3) is 2.21. The van der Waals surface area contributed by atoms with Crippen molar-refractivity contribution in [3.05, 3.63) is 47.5 Å². The lowest BCUT2D eigenvalue weighted by Crippen LogP contribution is -2.57. The van der Waals surface area contributed by atoms with Crippen LogP contribution in [0.15, 0.2) is 42.0 Å². The van der Waals surface area contributed by atoms with E-state index in [0.717, 1.165) is 17.6 Å². The molecule has 1 aliphatic heterocycles. The standard InChI is InChI=1S/C24H28O/c1-2-7-20-16-22-21-13-4-3-8-17(21)14-15-23(22)25-24(20)18-9-5-10-19(24)12-6-11-18/h3-4,8,13-16,18-19H,2,5-7,9-12H2,1H3. The van der Waals surface area contributed by atoms with Gasteiger partial charge in [-0.05, 0) is 60.6 Å². The van der Waals surface area contributed by atoms with Crippen molar-refractivity contribution in [3.63, 3.8) is 0 Å². The first-order chi connectivity index (χ1) is 12.3. The molecule has 3 aliphatic rings. The fourth-order valence-corrected chi connectivity index (χ4v) is 5.98. The maximum absolute atomic E-state index is 7.03. The van der Waals surface area contributed by atoms with Gasteiger partial charge in [0.05, 0.1) is 0 Å². The lowest BCUT2D eigenvalue weighted by Gasteiger charge is -2.55. The number of ether oxygens (including phenoxy) is 1. The Kier molecular flexibility index (Phi) is 3.66. The molecule has 1 heterocycles. The summed E-state index contributed by atoms with van der Waals surface area (Å²) in [4.78, 5) is 0. The van der Waals surface area contributed by atoms with Crippen molar-refractivity contribution in [3.8, 4) is 5.75 Å². The van der Waals surface area contributed by atoms with Crippen molar-refractivity contribution in [2.45, 2.75) is 63.9 Å². The molecule has 0 unspecified atom stereocenters. The summed E-state index contributed by atoms with van der Waals surface area (Å²) in [7, 11) is 0. The van der Waals surface area contributed by atoms with Crippen LogP contribution in [0.4, 0.5) is 0 Å². The number of fused-ring (bicyclic) bond motifs is 3. The second kappa shape index (κ2) is 5.90. The Hall–Kier alpha value is -1.76. The first-order valence-electron chi connectivity index (χ1n) is 10.2. The SMILES string of the molecule is CCCC1=Cc2c(ccc3ccccc23)OC12C1CCCC2CCC1. The van der Waals surface area contributed by atoms with E-state index in [2.05, 4.69) is 49.4 Å². The van der Waals surface area contributed by atoms with E-state index >= 15 is 0 Å². The third-order valence-electron chi connectivity index (χ3n) is 6.97. The minimum absolute atomic E-state index is 0.00195. The van der Waals surface area contributed by atoms with Crippen molar-refractivity contribution in [2.24, 2.45) is 11.8 Å². The van der Waals surface area contributed by atoms with Gasteiger partial charge < -0.3 is 4.74 Å². The van der Waals surface area contributed by atoms with Crippen molar-refractivity contribution in [2.75, 3.05) is 0 Å². The van der Waals surface area contributed by atoms with Gasteiger partial charge in [0, 0.05) is 17.4 Å². The highest BCUT2D eigenvalue weighted by Gasteiger charge is 2.54. The van der Waals surface area contributed by atoms with E-state index in [1.54, 1.807) is 5.57 Å². The summed E-state index contributed by atoms with van der Waals surface area (Å²) in [6.07, 6.45) is 13.1. The largest absolute Gasteiger partial charge is 0.482 e. The Morgan fingerprint density at radius 3 is 2.40 bits per heavy atom. The zero-order valence-corrected chi connectivity index (χ0v) is 15.3. The van der Waals surface area contributed by atoms with Crippen LogP contribution < -0.4 is 4.74 Å². The average Bonchev–Trinajstić information content (AvgIpc) is 2.62. The van der Waals surface area contributed by atoms with Gasteiger partial charge in [-0.15, -0.1) is 0 Å². The topological polar surface area (TPSA) is 9.23 Å². The summed E-state index contributed by atoms with van der Waals surface area (Å²) in [6, 6.07) is 13.2. The Morgan fingerprint density at radius 1 is 0.960 bits per heavy atom. The maximum Gasteiger partial charge on any atom is 0.136 e. The summed E-state index contributed by atoms with van der Waals surface area (Å²) >= 11 is 0. The quantitative estimate of drug-likeness (QED) is 0.590. The highest BCUT2D eigenvalue weighted by atomic mass is 16.5. The van der Waals surface area contributed by atoms with Crippen molar-refractivity contribution in [1.29, 1.82) is 0 Å². The number of hydrogen-bond acceptors (Lipinski definition) is 1. The molecule has 0 radical (unpaired) electrons. The summed E-state index contributed by atoms with van der Waals surface area (Å²) in [5.74, 6) is 2.56.